The van der Waals surface area contributed by atoms with E-state index in [-0.39, 0.29) is 5.54 Å². The van der Waals surface area contributed by atoms with Crippen LogP contribution < -0.4 is 5.32 Å². The summed E-state index contributed by atoms with van der Waals surface area (Å²) in [6.07, 6.45) is 0. The quantitative estimate of drug-likeness (QED) is 0.903. The first kappa shape index (κ1) is 14.9. The lowest BCUT2D eigenvalue weighted by molar-refractivity contribution is 0.0287. The fourth-order valence-electron chi connectivity index (χ4n) is 2.55. The number of nitrogens with zero attached hydrogens (tertiary/aromatic N) is 2. The molecule has 1 aromatic heterocycles. The molecule has 0 saturated carbocycles. The van der Waals surface area contributed by atoms with Crippen LogP contribution in [0, 0.1) is 12.3 Å². The third kappa shape index (κ3) is 3.56. The zero-order chi connectivity index (χ0) is 14.3. The Morgan fingerprint density at radius 3 is 2.68 bits per heavy atom. The van der Waals surface area contributed by atoms with Crippen molar-refractivity contribution in [3.63, 3.8) is 0 Å². The first-order valence-corrected chi connectivity index (χ1v) is 7.96. The lowest BCUT2D eigenvalue weighted by Crippen LogP contribution is -2.64. The largest absolute Gasteiger partial charge is 0.310 e. The molecule has 0 aliphatic carbocycles. The normalized spacial score (nSPS) is 24.6. The first-order valence-electron chi connectivity index (χ1n) is 7.08. The van der Waals surface area contributed by atoms with Gasteiger partial charge < -0.3 is 5.32 Å². The van der Waals surface area contributed by atoms with Crippen molar-refractivity contribution in [3.05, 3.63) is 16.1 Å². The third-order valence-corrected chi connectivity index (χ3v) is 4.93. The summed E-state index contributed by atoms with van der Waals surface area (Å²) >= 11 is 1.75. The SMILES string of the molecule is Cc1nc(CN2CC(C(C)(C)C)NCC2(C)C)cs1. The molecule has 1 atom stereocenters. The molecule has 2 rings (SSSR count). The van der Waals surface area contributed by atoms with Gasteiger partial charge in [-0.3, -0.25) is 4.90 Å². The summed E-state index contributed by atoms with van der Waals surface area (Å²) < 4.78 is 0. The standard InChI is InChI=1S/C15H27N3S/c1-11-17-12(9-19-11)7-18-8-13(14(2,3)4)16-10-15(18,5)6/h9,13,16H,7-8,10H2,1-6H3. The van der Waals surface area contributed by atoms with Crippen LogP contribution in [0.5, 0.6) is 0 Å². The van der Waals surface area contributed by atoms with Crippen LogP contribution in [0.2, 0.25) is 0 Å². The monoisotopic (exact) mass is 281 g/mol. The number of hydrogen-bond acceptors (Lipinski definition) is 4. The molecule has 0 bridgehead atoms. The van der Waals surface area contributed by atoms with Gasteiger partial charge in [-0.05, 0) is 26.2 Å². The summed E-state index contributed by atoms with van der Waals surface area (Å²) in [4.78, 5) is 7.19. The van der Waals surface area contributed by atoms with Crippen molar-refractivity contribution < 1.29 is 0 Å². The van der Waals surface area contributed by atoms with Gasteiger partial charge in [-0.15, -0.1) is 11.3 Å². The van der Waals surface area contributed by atoms with Crippen molar-refractivity contribution in [2.75, 3.05) is 13.1 Å². The molecule has 0 radical (unpaired) electrons. The number of thiazole rings is 1. The van der Waals surface area contributed by atoms with Crippen LogP contribution in [0.3, 0.4) is 0 Å². The van der Waals surface area contributed by atoms with Gasteiger partial charge in [0.05, 0.1) is 10.7 Å². The maximum Gasteiger partial charge on any atom is 0.0897 e. The zero-order valence-electron chi connectivity index (χ0n) is 13.1. The molecule has 4 heteroatoms. The van der Waals surface area contributed by atoms with E-state index >= 15 is 0 Å². The fourth-order valence-corrected chi connectivity index (χ4v) is 3.16. The Kier molecular flexibility index (Phi) is 4.05. The third-order valence-electron chi connectivity index (χ3n) is 4.10. The second-order valence-corrected chi connectivity index (χ2v) is 8.41. The molecule has 0 aromatic carbocycles. The molecule has 1 aromatic rings. The minimum absolute atomic E-state index is 0.194. The van der Waals surface area contributed by atoms with Crippen LogP contribution >= 0.6 is 11.3 Å². The van der Waals surface area contributed by atoms with E-state index in [1.807, 2.05) is 0 Å². The van der Waals surface area contributed by atoms with Gasteiger partial charge in [0.15, 0.2) is 0 Å². The van der Waals surface area contributed by atoms with Gasteiger partial charge in [0.1, 0.15) is 0 Å². The number of piperazine rings is 1. The molecule has 1 aliphatic rings. The average Bonchev–Trinajstić information content (AvgIpc) is 2.65. The summed E-state index contributed by atoms with van der Waals surface area (Å²) in [5.41, 5.74) is 1.71. The zero-order valence-corrected chi connectivity index (χ0v) is 13.9. The van der Waals surface area contributed by atoms with Gasteiger partial charge in [0.25, 0.3) is 0 Å². The molecule has 1 saturated heterocycles. The molecule has 3 nitrogen and oxygen atoms in total. The molecule has 1 aliphatic heterocycles. The van der Waals surface area contributed by atoms with E-state index in [2.05, 4.69) is 62.1 Å². The summed E-state index contributed by atoms with van der Waals surface area (Å²) in [5, 5.41) is 7.07. The molecular weight excluding hydrogens is 254 g/mol. The Balaban J connectivity index is 2.11. The van der Waals surface area contributed by atoms with E-state index in [4.69, 9.17) is 0 Å². The summed E-state index contributed by atoms with van der Waals surface area (Å²) in [7, 11) is 0. The summed E-state index contributed by atoms with van der Waals surface area (Å²) in [6, 6.07) is 0.542. The highest BCUT2D eigenvalue weighted by Crippen LogP contribution is 2.28. The predicted molar refractivity (Wildman–Crippen MR) is 82.6 cm³/mol. The molecule has 108 valence electrons. The van der Waals surface area contributed by atoms with Crippen molar-refractivity contribution in [2.45, 2.75) is 59.7 Å². The molecular formula is C15H27N3S. The Morgan fingerprint density at radius 1 is 1.47 bits per heavy atom. The highest BCUT2D eigenvalue weighted by atomic mass is 32.1. The van der Waals surface area contributed by atoms with Crippen LogP contribution in [0.1, 0.15) is 45.3 Å². The first-order chi connectivity index (χ1) is 8.68. The summed E-state index contributed by atoms with van der Waals surface area (Å²) in [6.45, 7) is 16.7. The minimum atomic E-state index is 0.194. The van der Waals surface area contributed by atoms with E-state index in [9.17, 15) is 0 Å². The van der Waals surface area contributed by atoms with Crippen LogP contribution in [0.25, 0.3) is 0 Å². The Bertz CT molecular complexity index is 431. The molecule has 2 heterocycles. The maximum atomic E-state index is 4.61. The van der Waals surface area contributed by atoms with Gasteiger partial charge in [-0.2, -0.15) is 0 Å². The van der Waals surface area contributed by atoms with Crippen LogP contribution in [0.4, 0.5) is 0 Å². The lowest BCUT2D eigenvalue weighted by Gasteiger charge is -2.49. The van der Waals surface area contributed by atoms with Gasteiger partial charge in [-0.25, -0.2) is 4.98 Å². The lowest BCUT2D eigenvalue weighted by atomic mass is 9.83. The second kappa shape index (κ2) is 5.15. The number of aryl methyl sites for hydroxylation is 1. The molecule has 0 amide bonds. The average molecular weight is 281 g/mol. The Labute approximate surface area is 121 Å². The molecule has 1 unspecified atom stereocenters. The Morgan fingerprint density at radius 2 is 2.16 bits per heavy atom. The predicted octanol–water partition coefficient (Wildman–Crippen LogP) is 3.05. The van der Waals surface area contributed by atoms with E-state index in [0.717, 1.165) is 24.6 Å². The number of hydrogen-bond donors (Lipinski definition) is 1. The Hall–Kier alpha value is -0.450. The smallest absolute Gasteiger partial charge is 0.0897 e. The second-order valence-electron chi connectivity index (χ2n) is 7.35. The summed E-state index contributed by atoms with van der Waals surface area (Å²) in [5.74, 6) is 0. The van der Waals surface area contributed by atoms with Crippen molar-refractivity contribution >= 4 is 11.3 Å². The van der Waals surface area contributed by atoms with Crippen molar-refractivity contribution in [1.29, 1.82) is 0 Å². The molecule has 0 spiro atoms. The van der Waals surface area contributed by atoms with E-state index in [0.29, 0.717) is 11.5 Å². The fraction of sp³-hybridized carbons (Fsp3) is 0.800. The molecule has 1 fully saturated rings. The molecule has 19 heavy (non-hydrogen) atoms. The van der Waals surface area contributed by atoms with Crippen LogP contribution in [0.15, 0.2) is 5.38 Å². The van der Waals surface area contributed by atoms with Crippen LogP contribution in [-0.2, 0) is 6.54 Å². The van der Waals surface area contributed by atoms with Gasteiger partial charge in [-0.1, -0.05) is 20.8 Å². The highest BCUT2D eigenvalue weighted by Gasteiger charge is 2.38. The van der Waals surface area contributed by atoms with Crippen molar-refractivity contribution in [1.82, 2.24) is 15.2 Å². The maximum absolute atomic E-state index is 4.61. The van der Waals surface area contributed by atoms with Crippen molar-refractivity contribution in [2.24, 2.45) is 5.41 Å². The van der Waals surface area contributed by atoms with Gasteiger partial charge >= 0.3 is 0 Å². The molecule has 1 N–H and O–H groups in total. The number of nitrogens with one attached hydrogen (secondary N) is 1. The van der Waals surface area contributed by atoms with E-state index in [1.54, 1.807) is 11.3 Å². The van der Waals surface area contributed by atoms with E-state index in [1.165, 1.54) is 5.69 Å². The van der Waals surface area contributed by atoms with Crippen LogP contribution in [-0.4, -0.2) is 34.6 Å². The highest BCUT2D eigenvalue weighted by molar-refractivity contribution is 7.09. The number of rotatable bonds is 2. The van der Waals surface area contributed by atoms with E-state index < -0.39 is 0 Å². The minimum Gasteiger partial charge on any atom is -0.310 e. The number of aromatic nitrogens is 1. The topological polar surface area (TPSA) is 28.2 Å². The van der Waals surface area contributed by atoms with Crippen molar-refractivity contribution in [3.8, 4) is 0 Å². The van der Waals surface area contributed by atoms with Gasteiger partial charge in [0.2, 0.25) is 0 Å². The van der Waals surface area contributed by atoms with Gasteiger partial charge in [0, 0.05) is 36.6 Å².